The highest BCUT2D eigenvalue weighted by molar-refractivity contribution is 7.20. The first-order chi connectivity index (χ1) is 7.83. The number of likely N-dealkylation sites (tertiary alicyclic amines) is 1. The summed E-state index contributed by atoms with van der Waals surface area (Å²) in [6, 6.07) is 0. The lowest BCUT2D eigenvalue weighted by atomic mass is 10.1. The number of anilines is 1. The minimum absolute atomic E-state index is 0.546. The smallest absolute Gasteiger partial charge is 0.236 e. The predicted octanol–water partition coefficient (Wildman–Crippen LogP) is 0.754. The zero-order valence-electron chi connectivity index (χ0n) is 8.96. The molecule has 16 heavy (non-hydrogen) atoms. The Morgan fingerprint density at radius 1 is 1.19 bits per heavy atom. The van der Waals surface area contributed by atoms with Gasteiger partial charge in [0, 0.05) is 0 Å². The number of rotatable bonds is 2. The van der Waals surface area contributed by atoms with E-state index in [0.717, 1.165) is 30.4 Å². The molecule has 0 radical (unpaired) electrons. The highest BCUT2D eigenvalue weighted by Crippen LogP contribution is 2.17. The van der Waals surface area contributed by atoms with Crippen molar-refractivity contribution in [1.29, 1.82) is 0 Å². The molecule has 3 rings (SSSR count). The Labute approximate surface area is 97.1 Å². The van der Waals surface area contributed by atoms with E-state index in [1.54, 1.807) is 4.52 Å². The summed E-state index contributed by atoms with van der Waals surface area (Å²) in [5, 5.41) is 13.0. The molecule has 0 amide bonds. The molecule has 0 saturated carbocycles. The summed E-state index contributed by atoms with van der Waals surface area (Å²) in [6.07, 6.45) is 3.90. The topological polar surface area (TPSA) is 72.3 Å². The fourth-order valence-electron chi connectivity index (χ4n) is 2.09. The third-order valence-corrected chi connectivity index (χ3v) is 3.61. The quantitative estimate of drug-likeness (QED) is 0.836. The van der Waals surface area contributed by atoms with E-state index in [1.165, 1.54) is 30.6 Å². The van der Waals surface area contributed by atoms with Crippen LogP contribution in [0.2, 0.25) is 0 Å². The van der Waals surface area contributed by atoms with Crippen LogP contribution in [-0.2, 0) is 6.54 Å². The largest absolute Gasteiger partial charge is 0.374 e. The van der Waals surface area contributed by atoms with Crippen LogP contribution in [0, 0.1) is 0 Å². The van der Waals surface area contributed by atoms with E-state index in [4.69, 9.17) is 5.73 Å². The second kappa shape index (κ2) is 3.99. The van der Waals surface area contributed by atoms with Crippen LogP contribution in [-0.4, -0.2) is 37.8 Å². The summed E-state index contributed by atoms with van der Waals surface area (Å²) in [7, 11) is 0. The van der Waals surface area contributed by atoms with Crippen molar-refractivity contribution in [3.63, 3.8) is 0 Å². The molecular formula is C9H14N6S. The van der Waals surface area contributed by atoms with E-state index < -0.39 is 0 Å². The third-order valence-electron chi connectivity index (χ3n) is 2.88. The lowest BCUT2D eigenvalue weighted by Gasteiger charge is -2.25. The molecule has 2 aromatic rings. The van der Waals surface area contributed by atoms with Gasteiger partial charge in [-0.1, -0.05) is 17.8 Å². The molecule has 0 aliphatic carbocycles. The monoisotopic (exact) mass is 238 g/mol. The minimum atomic E-state index is 0.546. The maximum atomic E-state index is 5.64. The van der Waals surface area contributed by atoms with E-state index >= 15 is 0 Å². The number of aromatic nitrogens is 4. The normalized spacial score (nSPS) is 18.2. The fraction of sp³-hybridized carbons (Fsp3) is 0.667. The molecule has 3 heterocycles. The van der Waals surface area contributed by atoms with Gasteiger partial charge in [0.25, 0.3) is 0 Å². The van der Waals surface area contributed by atoms with Crippen LogP contribution in [0.25, 0.3) is 4.96 Å². The van der Waals surface area contributed by atoms with Gasteiger partial charge in [-0.2, -0.15) is 4.52 Å². The molecule has 0 spiro atoms. The Morgan fingerprint density at radius 2 is 2.00 bits per heavy atom. The van der Waals surface area contributed by atoms with Gasteiger partial charge in [-0.05, 0) is 25.9 Å². The van der Waals surface area contributed by atoms with Crippen molar-refractivity contribution < 1.29 is 0 Å². The zero-order valence-corrected chi connectivity index (χ0v) is 9.78. The van der Waals surface area contributed by atoms with Gasteiger partial charge < -0.3 is 5.73 Å². The summed E-state index contributed by atoms with van der Waals surface area (Å²) in [4.78, 5) is 3.18. The van der Waals surface area contributed by atoms with Crippen LogP contribution < -0.4 is 5.73 Å². The van der Waals surface area contributed by atoms with Gasteiger partial charge in [0.05, 0.1) is 6.54 Å². The van der Waals surface area contributed by atoms with E-state index in [1.807, 2.05) is 0 Å². The van der Waals surface area contributed by atoms with Crippen LogP contribution in [0.1, 0.15) is 25.1 Å². The van der Waals surface area contributed by atoms with Crippen LogP contribution >= 0.6 is 11.3 Å². The van der Waals surface area contributed by atoms with Crippen molar-refractivity contribution in [2.24, 2.45) is 0 Å². The lowest BCUT2D eigenvalue weighted by molar-refractivity contribution is 0.214. The number of piperidine rings is 1. The van der Waals surface area contributed by atoms with Gasteiger partial charge in [-0.3, -0.25) is 4.90 Å². The fourth-order valence-corrected chi connectivity index (χ4v) is 2.71. The average Bonchev–Trinajstić information content (AvgIpc) is 2.81. The van der Waals surface area contributed by atoms with Crippen molar-refractivity contribution in [2.75, 3.05) is 18.8 Å². The Bertz CT molecular complexity index is 483. The minimum Gasteiger partial charge on any atom is -0.374 e. The maximum absolute atomic E-state index is 5.64. The van der Waals surface area contributed by atoms with Gasteiger partial charge in [0.1, 0.15) is 0 Å². The molecule has 0 aromatic carbocycles. The first-order valence-electron chi connectivity index (χ1n) is 5.52. The van der Waals surface area contributed by atoms with Crippen LogP contribution in [0.5, 0.6) is 0 Å². The number of hydrogen-bond acceptors (Lipinski definition) is 6. The highest BCUT2D eigenvalue weighted by Gasteiger charge is 2.15. The molecule has 1 aliphatic rings. The molecule has 0 atom stereocenters. The SMILES string of the molecule is Nc1nn2c(CN3CCCCC3)nnc2s1. The third kappa shape index (κ3) is 1.76. The molecular weight excluding hydrogens is 224 g/mol. The van der Waals surface area contributed by atoms with Crippen molar-refractivity contribution in [3.8, 4) is 0 Å². The lowest BCUT2D eigenvalue weighted by Crippen LogP contribution is -2.30. The van der Waals surface area contributed by atoms with Crippen LogP contribution in [0.15, 0.2) is 0 Å². The molecule has 6 nitrogen and oxygen atoms in total. The number of fused-ring (bicyclic) bond motifs is 1. The number of hydrogen-bond donors (Lipinski definition) is 1. The molecule has 1 saturated heterocycles. The summed E-state index contributed by atoms with van der Waals surface area (Å²) in [5.41, 5.74) is 5.64. The number of nitrogen functional groups attached to an aromatic ring is 1. The number of nitrogens with two attached hydrogens (primary N) is 1. The predicted molar refractivity (Wildman–Crippen MR) is 62.2 cm³/mol. The first-order valence-corrected chi connectivity index (χ1v) is 6.33. The standard InChI is InChI=1S/C9H14N6S/c10-8-13-15-7(11-12-9(15)16-8)6-14-4-2-1-3-5-14/h1-6H2,(H2,10,13). The van der Waals surface area contributed by atoms with Gasteiger partial charge in [-0.25, -0.2) is 0 Å². The second-order valence-electron chi connectivity index (χ2n) is 4.09. The van der Waals surface area contributed by atoms with Crippen molar-refractivity contribution in [2.45, 2.75) is 25.8 Å². The first kappa shape index (κ1) is 9.98. The summed E-state index contributed by atoms with van der Waals surface area (Å²) >= 11 is 1.37. The van der Waals surface area contributed by atoms with Crippen LogP contribution in [0.3, 0.4) is 0 Å². The molecule has 1 aliphatic heterocycles. The molecule has 0 unspecified atom stereocenters. The number of nitrogens with zero attached hydrogens (tertiary/aromatic N) is 5. The van der Waals surface area contributed by atoms with Gasteiger partial charge in [0.15, 0.2) is 5.82 Å². The van der Waals surface area contributed by atoms with Gasteiger partial charge >= 0.3 is 0 Å². The van der Waals surface area contributed by atoms with Crippen LogP contribution in [0.4, 0.5) is 5.13 Å². The van der Waals surface area contributed by atoms with Crippen molar-refractivity contribution in [3.05, 3.63) is 5.82 Å². The van der Waals surface area contributed by atoms with Gasteiger partial charge in [0.2, 0.25) is 10.1 Å². The van der Waals surface area contributed by atoms with Crippen molar-refractivity contribution in [1.82, 2.24) is 24.7 Å². The Balaban J connectivity index is 1.82. The molecule has 2 aromatic heterocycles. The Hall–Kier alpha value is -1.21. The molecule has 1 fully saturated rings. The average molecular weight is 238 g/mol. The van der Waals surface area contributed by atoms with E-state index in [9.17, 15) is 0 Å². The summed E-state index contributed by atoms with van der Waals surface area (Å²) < 4.78 is 1.76. The van der Waals surface area contributed by atoms with Crippen molar-refractivity contribution >= 4 is 21.4 Å². The van der Waals surface area contributed by atoms with Gasteiger partial charge in [-0.15, -0.1) is 15.3 Å². The molecule has 7 heteroatoms. The molecule has 2 N–H and O–H groups in total. The molecule has 0 bridgehead atoms. The maximum Gasteiger partial charge on any atom is 0.236 e. The second-order valence-corrected chi connectivity index (χ2v) is 5.08. The Morgan fingerprint density at radius 3 is 2.81 bits per heavy atom. The van der Waals surface area contributed by atoms with E-state index in [-0.39, 0.29) is 0 Å². The molecule has 86 valence electrons. The Kier molecular flexibility index (Phi) is 2.49. The van der Waals surface area contributed by atoms with E-state index in [0.29, 0.717) is 5.13 Å². The zero-order chi connectivity index (χ0) is 11.0. The summed E-state index contributed by atoms with van der Waals surface area (Å²) in [5.74, 6) is 0.893. The van der Waals surface area contributed by atoms with E-state index in [2.05, 4.69) is 20.2 Å². The summed E-state index contributed by atoms with van der Waals surface area (Å²) in [6.45, 7) is 3.12. The highest BCUT2D eigenvalue weighted by atomic mass is 32.1.